The molecule has 1 aliphatic rings. The second kappa shape index (κ2) is 12.2. The summed E-state index contributed by atoms with van der Waals surface area (Å²) in [4.78, 5) is 31.1. The highest BCUT2D eigenvalue weighted by Gasteiger charge is 2.30. The van der Waals surface area contributed by atoms with Crippen LogP contribution in [0.3, 0.4) is 0 Å². The molecule has 37 heavy (non-hydrogen) atoms. The summed E-state index contributed by atoms with van der Waals surface area (Å²) in [5, 5.41) is 6.63. The summed E-state index contributed by atoms with van der Waals surface area (Å²) in [5.41, 5.74) is 1.89. The molecule has 2 N–H and O–H groups in total. The van der Waals surface area contributed by atoms with Gasteiger partial charge in [0.15, 0.2) is 0 Å². The Hall–Kier alpha value is -2.81. The fourth-order valence-electron chi connectivity index (χ4n) is 3.72. The molecule has 3 aromatic carbocycles. The van der Waals surface area contributed by atoms with Gasteiger partial charge in [0.05, 0.1) is 33.6 Å². The first kappa shape index (κ1) is 27.2. The Morgan fingerprint density at radius 2 is 1.73 bits per heavy atom. The summed E-state index contributed by atoms with van der Waals surface area (Å²) in [7, 11) is 1.59. The topological polar surface area (TPSA) is 89.0 Å². The van der Waals surface area contributed by atoms with Crippen molar-refractivity contribution in [2.45, 2.75) is 12.6 Å². The SMILES string of the molecule is COCCCOc1ccc(Cl)cc1C(=O)NC1N=C(c2c(Cl)cc(Cl)cc2Cl)c2ccccc2NC1=O. The summed E-state index contributed by atoms with van der Waals surface area (Å²) in [6, 6.07) is 14.8. The number of benzene rings is 3. The molecule has 0 spiro atoms. The molecule has 11 heteroatoms. The molecule has 0 bridgehead atoms. The van der Waals surface area contributed by atoms with Crippen molar-refractivity contribution in [3.8, 4) is 5.75 Å². The number of rotatable bonds is 8. The molecule has 3 aromatic rings. The molecule has 0 radical (unpaired) electrons. The predicted octanol–water partition coefficient (Wildman–Crippen LogP) is 6.26. The Labute approximate surface area is 233 Å². The standard InChI is InChI=1S/C26H21Cl4N3O4/c1-36-9-4-10-37-21-8-7-14(27)11-17(21)25(34)33-24-26(35)31-20-6-3-2-5-16(20)23(32-24)22-18(29)12-15(28)13-19(22)30/h2-3,5-8,11-13,24H,4,9-10H2,1H3,(H,31,35)(H,33,34). The van der Waals surface area contributed by atoms with Gasteiger partial charge in [-0.2, -0.15) is 0 Å². The molecular weight excluding hydrogens is 560 g/mol. The normalized spacial score (nSPS) is 14.8. The third-order valence-corrected chi connectivity index (χ3v) is 6.44. The van der Waals surface area contributed by atoms with Crippen LogP contribution in [0.2, 0.25) is 20.1 Å². The Bertz CT molecular complexity index is 1360. The van der Waals surface area contributed by atoms with Gasteiger partial charge in [-0.05, 0) is 36.4 Å². The molecule has 4 rings (SSSR count). The molecule has 0 saturated heterocycles. The van der Waals surface area contributed by atoms with Crippen LogP contribution in [0.4, 0.5) is 5.69 Å². The molecule has 1 atom stereocenters. The van der Waals surface area contributed by atoms with Crippen molar-refractivity contribution in [3.63, 3.8) is 0 Å². The highest BCUT2D eigenvalue weighted by atomic mass is 35.5. The highest BCUT2D eigenvalue weighted by molar-refractivity contribution is 6.44. The van der Waals surface area contributed by atoms with Crippen LogP contribution in [0.5, 0.6) is 5.75 Å². The number of anilines is 1. The largest absolute Gasteiger partial charge is 0.493 e. The van der Waals surface area contributed by atoms with Crippen LogP contribution in [-0.4, -0.2) is 44.0 Å². The number of hydrogen-bond acceptors (Lipinski definition) is 5. The number of benzodiazepines with no additional fused rings is 1. The second-order valence-corrected chi connectivity index (χ2v) is 9.66. The van der Waals surface area contributed by atoms with Crippen molar-refractivity contribution < 1.29 is 19.1 Å². The third-order valence-electron chi connectivity index (χ3n) is 5.39. The molecule has 1 heterocycles. The number of hydrogen-bond donors (Lipinski definition) is 2. The first-order chi connectivity index (χ1) is 17.8. The van der Waals surface area contributed by atoms with E-state index >= 15 is 0 Å². The zero-order valence-electron chi connectivity index (χ0n) is 19.5. The van der Waals surface area contributed by atoms with Crippen LogP contribution >= 0.6 is 46.4 Å². The minimum absolute atomic E-state index is 0.152. The molecule has 192 valence electrons. The maximum absolute atomic E-state index is 13.3. The maximum atomic E-state index is 13.3. The minimum Gasteiger partial charge on any atom is -0.493 e. The maximum Gasteiger partial charge on any atom is 0.269 e. The minimum atomic E-state index is -1.32. The molecule has 1 unspecified atom stereocenters. The first-order valence-electron chi connectivity index (χ1n) is 11.1. The quantitative estimate of drug-likeness (QED) is 0.308. The number of carbonyl (C=O) groups is 2. The van der Waals surface area contributed by atoms with E-state index in [0.717, 1.165) is 0 Å². The molecule has 0 fully saturated rings. The predicted molar refractivity (Wildman–Crippen MR) is 147 cm³/mol. The summed E-state index contributed by atoms with van der Waals surface area (Å²) >= 11 is 25.3. The van der Waals surface area contributed by atoms with E-state index in [1.54, 1.807) is 43.5 Å². The third kappa shape index (κ3) is 6.37. The van der Waals surface area contributed by atoms with E-state index in [4.69, 9.17) is 55.9 Å². The highest BCUT2D eigenvalue weighted by Crippen LogP contribution is 2.34. The first-order valence-corrected chi connectivity index (χ1v) is 12.6. The summed E-state index contributed by atoms with van der Waals surface area (Å²) in [5.74, 6) is -0.850. The van der Waals surface area contributed by atoms with E-state index in [2.05, 4.69) is 15.6 Å². The number of amides is 2. The van der Waals surface area contributed by atoms with Crippen LogP contribution in [-0.2, 0) is 9.53 Å². The van der Waals surface area contributed by atoms with Crippen molar-refractivity contribution in [3.05, 3.63) is 91.4 Å². The lowest BCUT2D eigenvalue weighted by Gasteiger charge is -2.16. The van der Waals surface area contributed by atoms with Gasteiger partial charge < -0.3 is 20.1 Å². The number of para-hydroxylation sites is 1. The molecule has 2 amide bonds. The summed E-state index contributed by atoms with van der Waals surface area (Å²) in [6.07, 6.45) is -0.697. The number of nitrogens with one attached hydrogen (secondary N) is 2. The zero-order valence-corrected chi connectivity index (χ0v) is 22.5. The van der Waals surface area contributed by atoms with Gasteiger partial charge in [0.1, 0.15) is 5.75 Å². The van der Waals surface area contributed by atoms with Crippen LogP contribution < -0.4 is 15.4 Å². The fraction of sp³-hybridized carbons (Fsp3) is 0.192. The number of halogens is 4. The average Bonchev–Trinajstić information content (AvgIpc) is 2.98. The van der Waals surface area contributed by atoms with E-state index in [-0.39, 0.29) is 15.6 Å². The van der Waals surface area contributed by atoms with E-state index in [0.29, 0.717) is 58.0 Å². The van der Waals surface area contributed by atoms with Crippen molar-refractivity contribution in [2.75, 3.05) is 25.6 Å². The summed E-state index contributed by atoms with van der Waals surface area (Å²) < 4.78 is 10.8. The van der Waals surface area contributed by atoms with Crippen LogP contribution in [0, 0.1) is 0 Å². The number of ether oxygens (including phenoxy) is 2. The van der Waals surface area contributed by atoms with Crippen LogP contribution in [0.15, 0.2) is 59.6 Å². The monoisotopic (exact) mass is 579 g/mol. The number of methoxy groups -OCH3 is 1. The lowest BCUT2D eigenvalue weighted by molar-refractivity contribution is -0.117. The molecule has 0 aromatic heterocycles. The van der Waals surface area contributed by atoms with Gasteiger partial charge in [0.25, 0.3) is 11.8 Å². The van der Waals surface area contributed by atoms with E-state index in [1.165, 1.54) is 18.2 Å². The second-order valence-electron chi connectivity index (χ2n) is 7.97. The van der Waals surface area contributed by atoms with Gasteiger partial charge in [-0.1, -0.05) is 64.6 Å². The summed E-state index contributed by atoms with van der Waals surface area (Å²) in [6.45, 7) is 0.829. The van der Waals surface area contributed by atoms with Gasteiger partial charge in [-0.15, -0.1) is 0 Å². The van der Waals surface area contributed by atoms with Crippen molar-refractivity contribution in [1.82, 2.24) is 5.32 Å². The fourth-order valence-corrected chi connectivity index (χ4v) is 4.88. The molecule has 0 saturated carbocycles. The van der Waals surface area contributed by atoms with E-state index in [1.807, 2.05) is 0 Å². The lowest BCUT2D eigenvalue weighted by atomic mass is 10.0. The molecule has 0 aliphatic carbocycles. The zero-order chi connectivity index (χ0) is 26.5. The van der Waals surface area contributed by atoms with Crippen LogP contribution in [0.1, 0.15) is 27.9 Å². The van der Waals surface area contributed by atoms with Crippen molar-refractivity contribution in [2.24, 2.45) is 4.99 Å². The molecular formula is C26H21Cl4N3O4. The van der Waals surface area contributed by atoms with Gasteiger partial charge in [0.2, 0.25) is 6.17 Å². The Morgan fingerprint density at radius 3 is 2.46 bits per heavy atom. The van der Waals surface area contributed by atoms with E-state index < -0.39 is 18.0 Å². The lowest BCUT2D eigenvalue weighted by Crippen LogP contribution is -2.42. The van der Waals surface area contributed by atoms with Crippen molar-refractivity contribution in [1.29, 1.82) is 0 Å². The number of aliphatic imine (C=N–C) groups is 1. The Kier molecular flexibility index (Phi) is 8.95. The average molecular weight is 581 g/mol. The smallest absolute Gasteiger partial charge is 0.269 e. The van der Waals surface area contributed by atoms with Gasteiger partial charge in [-0.3, -0.25) is 9.59 Å². The van der Waals surface area contributed by atoms with Gasteiger partial charge in [-0.25, -0.2) is 4.99 Å². The number of nitrogens with zero attached hydrogens (tertiary/aromatic N) is 1. The van der Waals surface area contributed by atoms with Gasteiger partial charge in [0, 0.05) is 41.3 Å². The molecule has 7 nitrogen and oxygen atoms in total. The van der Waals surface area contributed by atoms with Gasteiger partial charge >= 0.3 is 0 Å². The Balaban J connectivity index is 1.72. The van der Waals surface area contributed by atoms with E-state index in [9.17, 15) is 9.59 Å². The van der Waals surface area contributed by atoms with Crippen LogP contribution in [0.25, 0.3) is 0 Å². The number of fused-ring (bicyclic) bond motifs is 1. The number of carbonyl (C=O) groups excluding carboxylic acids is 2. The van der Waals surface area contributed by atoms with Crippen molar-refractivity contribution >= 4 is 69.6 Å². The Morgan fingerprint density at radius 1 is 1.00 bits per heavy atom. The molecule has 1 aliphatic heterocycles.